The van der Waals surface area contributed by atoms with E-state index in [-0.39, 0.29) is 17.8 Å². The molecule has 0 radical (unpaired) electrons. The van der Waals surface area contributed by atoms with Gasteiger partial charge in [-0.1, -0.05) is 6.07 Å². The van der Waals surface area contributed by atoms with Gasteiger partial charge in [-0.3, -0.25) is 9.48 Å². The lowest BCUT2D eigenvalue weighted by Gasteiger charge is -2.22. The number of aromatic nitrogens is 2. The van der Waals surface area contributed by atoms with E-state index in [0.29, 0.717) is 11.4 Å². The number of hydrogen-bond acceptors (Lipinski definition) is 3. The van der Waals surface area contributed by atoms with E-state index in [1.54, 1.807) is 18.2 Å². The van der Waals surface area contributed by atoms with Crippen molar-refractivity contribution < 1.29 is 9.18 Å². The lowest BCUT2D eigenvalue weighted by atomic mass is 10.1. The quantitative estimate of drug-likeness (QED) is 0.910. The Bertz CT molecular complexity index is 634. The third kappa shape index (κ3) is 3.28. The van der Waals surface area contributed by atoms with Gasteiger partial charge < -0.3 is 10.6 Å². The third-order valence-corrected chi connectivity index (χ3v) is 3.57. The minimum atomic E-state index is -0.383. The molecule has 0 aliphatic carbocycles. The molecule has 1 amide bonds. The van der Waals surface area contributed by atoms with Gasteiger partial charge in [0.25, 0.3) is 5.91 Å². The van der Waals surface area contributed by atoms with E-state index >= 15 is 0 Å². The number of amides is 1. The number of carbonyl (C=O) groups is 1. The number of rotatable bonds is 3. The van der Waals surface area contributed by atoms with E-state index < -0.39 is 0 Å². The van der Waals surface area contributed by atoms with E-state index in [0.717, 1.165) is 25.9 Å². The minimum Gasteiger partial charge on any atom is -0.320 e. The van der Waals surface area contributed by atoms with Crippen LogP contribution < -0.4 is 10.6 Å². The highest BCUT2D eigenvalue weighted by Gasteiger charge is 2.17. The Balaban J connectivity index is 1.69. The lowest BCUT2D eigenvalue weighted by Crippen LogP contribution is -2.32. The first-order valence-electron chi connectivity index (χ1n) is 7.05. The summed E-state index contributed by atoms with van der Waals surface area (Å²) >= 11 is 0. The SMILES string of the molecule is O=C(Nc1cccc(F)c1)c1ccn(C2CCCNC2)n1. The molecular formula is C15H17FN4O. The third-order valence-electron chi connectivity index (χ3n) is 3.57. The molecule has 1 aliphatic heterocycles. The van der Waals surface area contributed by atoms with Gasteiger partial charge in [-0.25, -0.2) is 4.39 Å². The maximum atomic E-state index is 13.1. The average molecular weight is 288 g/mol. The summed E-state index contributed by atoms with van der Waals surface area (Å²) in [7, 11) is 0. The van der Waals surface area contributed by atoms with E-state index in [9.17, 15) is 9.18 Å². The number of hydrogen-bond donors (Lipinski definition) is 2. The van der Waals surface area contributed by atoms with Crippen molar-refractivity contribution in [1.82, 2.24) is 15.1 Å². The summed E-state index contributed by atoms with van der Waals surface area (Å²) in [6.07, 6.45) is 3.98. The zero-order valence-corrected chi connectivity index (χ0v) is 11.6. The van der Waals surface area contributed by atoms with Gasteiger partial charge in [0.2, 0.25) is 0 Å². The van der Waals surface area contributed by atoms with Crippen LogP contribution in [0.25, 0.3) is 0 Å². The summed E-state index contributed by atoms with van der Waals surface area (Å²) in [4.78, 5) is 12.1. The van der Waals surface area contributed by atoms with Crippen LogP contribution in [-0.4, -0.2) is 28.8 Å². The van der Waals surface area contributed by atoms with Crippen LogP contribution >= 0.6 is 0 Å². The van der Waals surface area contributed by atoms with Gasteiger partial charge in [0.05, 0.1) is 6.04 Å². The smallest absolute Gasteiger partial charge is 0.276 e. The van der Waals surface area contributed by atoms with Gasteiger partial charge in [-0.2, -0.15) is 5.10 Å². The van der Waals surface area contributed by atoms with Crippen molar-refractivity contribution in [3.8, 4) is 0 Å². The highest BCUT2D eigenvalue weighted by atomic mass is 19.1. The molecule has 1 aromatic carbocycles. The largest absolute Gasteiger partial charge is 0.320 e. The summed E-state index contributed by atoms with van der Waals surface area (Å²) in [6, 6.07) is 7.78. The Morgan fingerprint density at radius 1 is 1.43 bits per heavy atom. The second kappa shape index (κ2) is 6.05. The van der Waals surface area contributed by atoms with Crippen LogP contribution in [0.15, 0.2) is 36.5 Å². The van der Waals surface area contributed by atoms with Gasteiger partial charge in [0.1, 0.15) is 5.82 Å². The Morgan fingerprint density at radius 3 is 3.10 bits per heavy atom. The fourth-order valence-electron chi connectivity index (χ4n) is 2.48. The molecule has 3 rings (SSSR count). The molecule has 0 spiro atoms. The minimum absolute atomic E-state index is 0.287. The van der Waals surface area contributed by atoms with Gasteiger partial charge in [-0.05, 0) is 43.7 Å². The average Bonchev–Trinajstić information content (AvgIpc) is 2.98. The first-order valence-corrected chi connectivity index (χ1v) is 7.05. The van der Waals surface area contributed by atoms with Crippen molar-refractivity contribution in [3.63, 3.8) is 0 Å². The first-order chi connectivity index (χ1) is 10.2. The van der Waals surface area contributed by atoms with Gasteiger partial charge in [0.15, 0.2) is 5.69 Å². The van der Waals surface area contributed by atoms with Crippen LogP contribution in [0.2, 0.25) is 0 Å². The normalized spacial score (nSPS) is 18.4. The summed E-state index contributed by atoms with van der Waals surface area (Å²) in [5.41, 5.74) is 0.763. The standard InChI is InChI=1S/C15H17FN4O/c16-11-3-1-4-12(9-11)18-15(21)14-6-8-20(19-14)13-5-2-7-17-10-13/h1,3-4,6,8-9,13,17H,2,5,7,10H2,(H,18,21). The molecule has 110 valence electrons. The number of nitrogens with zero attached hydrogens (tertiary/aromatic N) is 2. The Morgan fingerprint density at radius 2 is 2.33 bits per heavy atom. The number of piperidine rings is 1. The second-order valence-corrected chi connectivity index (χ2v) is 5.15. The molecular weight excluding hydrogens is 271 g/mol. The highest BCUT2D eigenvalue weighted by molar-refractivity contribution is 6.02. The molecule has 1 fully saturated rings. The summed E-state index contributed by atoms with van der Waals surface area (Å²) in [5, 5.41) is 10.3. The van der Waals surface area contributed by atoms with Crippen LogP contribution in [0.3, 0.4) is 0 Å². The Labute approximate surface area is 122 Å². The Hall–Kier alpha value is -2.21. The van der Waals surface area contributed by atoms with Crippen molar-refractivity contribution in [2.24, 2.45) is 0 Å². The molecule has 5 nitrogen and oxygen atoms in total. The zero-order valence-electron chi connectivity index (χ0n) is 11.6. The monoisotopic (exact) mass is 288 g/mol. The molecule has 0 bridgehead atoms. The van der Waals surface area contributed by atoms with E-state index in [1.165, 1.54) is 12.1 Å². The van der Waals surface area contributed by atoms with Gasteiger partial charge in [0, 0.05) is 18.4 Å². The van der Waals surface area contributed by atoms with Crippen LogP contribution in [0, 0.1) is 5.82 Å². The van der Waals surface area contributed by atoms with Crippen molar-refractivity contribution in [1.29, 1.82) is 0 Å². The van der Waals surface area contributed by atoms with Crippen molar-refractivity contribution >= 4 is 11.6 Å². The zero-order chi connectivity index (χ0) is 14.7. The van der Waals surface area contributed by atoms with E-state index in [1.807, 2.05) is 10.9 Å². The number of nitrogens with one attached hydrogen (secondary N) is 2. The number of carbonyl (C=O) groups excluding carboxylic acids is 1. The fourth-order valence-corrected chi connectivity index (χ4v) is 2.48. The van der Waals surface area contributed by atoms with E-state index in [2.05, 4.69) is 15.7 Å². The number of benzene rings is 1. The number of anilines is 1. The van der Waals surface area contributed by atoms with Crippen LogP contribution in [0.5, 0.6) is 0 Å². The van der Waals surface area contributed by atoms with E-state index in [4.69, 9.17) is 0 Å². The molecule has 0 saturated carbocycles. The topological polar surface area (TPSA) is 59.0 Å². The van der Waals surface area contributed by atoms with Crippen LogP contribution in [-0.2, 0) is 0 Å². The van der Waals surface area contributed by atoms with Crippen molar-refractivity contribution in [3.05, 3.63) is 48.0 Å². The van der Waals surface area contributed by atoms with Gasteiger partial charge >= 0.3 is 0 Å². The summed E-state index contributed by atoms with van der Waals surface area (Å²) < 4.78 is 14.9. The molecule has 2 heterocycles. The molecule has 1 atom stereocenters. The first kappa shape index (κ1) is 13.8. The fraction of sp³-hybridized carbons (Fsp3) is 0.333. The molecule has 2 aromatic rings. The maximum Gasteiger partial charge on any atom is 0.276 e. The highest BCUT2D eigenvalue weighted by Crippen LogP contribution is 2.16. The molecule has 21 heavy (non-hydrogen) atoms. The maximum absolute atomic E-state index is 13.1. The summed E-state index contributed by atoms with van der Waals surface area (Å²) in [5.74, 6) is -0.713. The van der Waals surface area contributed by atoms with Crippen LogP contribution in [0.4, 0.5) is 10.1 Å². The molecule has 1 unspecified atom stereocenters. The lowest BCUT2D eigenvalue weighted by molar-refractivity contribution is 0.102. The molecule has 6 heteroatoms. The predicted molar refractivity (Wildman–Crippen MR) is 77.7 cm³/mol. The van der Waals surface area contributed by atoms with Crippen LogP contribution in [0.1, 0.15) is 29.4 Å². The van der Waals surface area contributed by atoms with Gasteiger partial charge in [-0.15, -0.1) is 0 Å². The Kier molecular flexibility index (Phi) is 3.96. The summed E-state index contributed by atoms with van der Waals surface area (Å²) in [6.45, 7) is 1.90. The second-order valence-electron chi connectivity index (χ2n) is 5.15. The predicted octanol–water partition coefficient (Wildman–Crippen LogP) is 2.20. The molecule has 1 aliphatic rings. The molecule has 2 N–H and O–H groups in total. The molecule has 1 saturated heterocycles. The van der Waals surface area contributed by atoms with Crippen molar-refractivity contribution in [2.75, 3.05) is 18.4 Å². The molecule has 1 aromatic heterocycles. The van der Waals surface area contributed by atoms with Crippen molar-refractivity contribution in [2.45, 2.75) is 18.9 Å². The number of halogens is 1.